The maximum atomic E-state index is 13.2. The fourth-order valence-electron chi connectivity index (χ4n) is 3.91. The fraction of sp³-hybridized carbons (Fsp3) is 0.227. The smallest absolute Gasteiger partial charge is 0.352 e. The number of aliphatic carboxylic acids is 1. The number of carboxylic acid groups (broad SMARTS) is 1. The highest BCUT2D eigenvalue weighted by molar-refractivity contribution is 8.00. The van der Waals surface area contributed by atoms with Gasteiger partial charge in [0.2, 0.25) is 0 Å². The number of carbonyl (C=O) groups excluding carboxylic acids is 2. The monoisotopic (exact) mass is 541 g/mol. The second kappa shape index (κ2) is 10.4. The molecule has 37 heavy (non-hydrogen) atoms. The molecule has 0 aromatic carbocycles. The standard InChI is InChI=1S/C22H20N8O5S2/c23-22-26-14(10-37-22)15(28-35-8-13-6-24-11-25-13)18(31)27-16-19(32)30-17(21(33)34)12(9-36-20(16)30)7-29-4-2-1-3-5-29/h1-6,10-11,16,20H,7-9H2,(H4-,23,24,25,26,27,31,33,34)/p+1/t16-,20+/m1/s1. The molecule has 5 N–H and O–H groups in total. The molecular weight excluding hydrogens is 520 g/mol. The molecule has 15 heteroatoms. The summed E-state index contributed by atoms with van der Waals surface area (Å²) in [6, 6.07) is 4.61. The number of H-pyrrole nitrogens is 1. The molecule has 0 radical (unpaired) electrons. The van der Waals surface area contributed by atoms with Crippen LogP contribution < -0.4 is 15.6 Å². The highest BCUT2D eigenvalue weighted by atomic mass is 32.2. The summed E-state index contributed by atoms with van der Waals surface area (Å²) in [6.07, 6.45) is 6.68. The topological polar surface area (TPSA) is 180 Å². The number of β-lactam (4-membered cyclic amide) rings is 1. The molecule has 3 aromatic rings. The fourth-order valence-corrected chi connectivity index (χ4v) is 5.79. The molecule has 2 amide bonds. The summed E-state index contributed by atoms with van der Waals surface area (Å²) in [7, 11) is 0. The number of thioether (sulfide) groups is 1. The number of hydrogen-bond acceptors (Lipinski definition) is 10. The van der Waals surface area contributed by atoms with Gasteiger partial charge in [-0.3, -0.25) is 14.5 Å². The van der Waals surface area contributed by atoms with E-state index < -0.39 is 29.2 Å². The highest BCUT2D eigenvalue weighted by Gasteiger charge is 2.54. The number of thiazole rings is 1. The van der Waals surface area contributed by atoms with Gasteiger partial charge in [0.15, 0.2) is 36.4 Å². The number of fused-ring (bicyclic) bond motifs is 1. The maximum absolute atomic E-state index is 13.2. The minimum atomic E-state index is -1.19. The number of nitrogen functional groups attached to an aromatic ring is 1. The first kappa shape index (κ1) is 24.5. The Labute approximate surface area is 218 Å². The molecule has 0 spiro atoms. The van der Waals surface area contributed by atoms with E-state index in [0.29, 0.717) is 23.6 Å². The van der Waals surface area contributed by atoms with Gasteiger partial charge in [0.1, 0.15) is 22.8 Å². The number of nitrogens with zero attached hydrogens (tertiary/aromatic N) is 5. The van der Waals surface area contributed by atoms with Crippen LogP contribution in [0.15, 0.2) is 64.9 Å². The van der Waals surface area contributed by atoms with Crippen LogP contribution in [0.1, 0.15) is 11.4 Å². The van der Waals surface area contributed by atoms with E-state index in [0.717, 1.165) is 11.3 Å². The molecule has 2 atom stereocenters. The number of nitrogens with two attached hydrogens (primary N) is 1. The molecule has 5 rings (SSSR count). The third-order valence-corrected chi connectivity index (χ3v) is 7.61. The number of carboxylic acids is 1. The molecule has 0 unspecified atom stereocenters. The van der Waals surface area contributed by atoms with E-state index in [1.54, 1.807) is 11.6 Å². The van der Waals surface area contributed by atoms with E-state index in [9.17, 15) is 19.5 Å². The van der Waals surface area contributed by atoms with E-state index in [1.807, 2.05) is 35.2 Å². The lowest BCUT2D eigenvalue weighted by molar-refractivity contribution is -0.689. The first-order chi connectivity index (χ1) is 17.9. The number of oxime groups is 1. The number of aromatic amines is 1. The van der Waals surface area contributed by atoms with Crippen molar-refractivity contribution in [2.75, 3.05) is 11.5 Å². The summed E-state index contributed by atoms with van der Waals surface area (Å²) in [4.78, 5) is 55.7. The van der Waals surface area contributed by atoms with Crippen molar-refractivity contribution in [3.8, 4) is 0 Å². The Bertz CT molecular complexity index is 1390. The Morgan fingerprint density at radius 3 is 2.84 bits per heavy atom. The van der Waals surface area contributed by atoms with Gasteiger partial charge in [0.05, 0.1) is 18.2 Å². The second-order valence-electron chi connectivity index (χ2n) is 8.03. The van der Waals surface area contributed by atoms with Crippen LogP contribution in [-0.2, 0) is 32.4 Å². The summed E-state index contributed by atoms with van der Waals surface area (Å²) in [6.45, 7) is 0.360. The molecule has 2 aliphatic rings. The summed E-state index contributed by atoms with van der Waals surface area (Å²) in [5, 5.41) is 17.7. The van der Waals surface area contributed by atoms with Crippen molar-refractivity contribution in [3.05, 3.63) is 71.2 Å². The number of pyridine rings is 1. The average Bonchev–Trinajstić information content (AvgIpc) is 3.57. The summed E-state index contributed by atoms with van der Waals surface area (Å²) < 4.78 is 1.84. The van der Waals surface area contributed by atoms with Crippen molar-refractivity contribution in [3.63, 3.8) is 0 Å². The number of carbonyl (C=O) groups is 3. The SMILES string of the molecule is Nc1nc(C(=NOCc2cnc[nH]2)C(=O)N[C@@H]2C(=O)N3C(C(=O)O)=C(C[n+]4ccccc4)CS[C@@H]23)cs1. The molecule has 0 bridgehead atoms. The minimum absolute atomic E-state index is 0.0278. The lowest BCUT2D eigenvalue weighted by Gasteiger charge is -2.49. The summed E-state index contributed by atoms with van der Waals surface area (Å²) >= 11 is 2.51. The molecule has 1 saturated heterocycles. The lowest BCUT2D eigenvalue weighted by Crippen LogP contribution is -2.71. The molecule has 0 aliphatic carbocycles. The molecular formula is C22H21N8O5S2+. The summed E-state index contributed by atoms with van der Waals surface area (Å²) in [5.74, 6) is -2.02. The number of nitrogens with one attached hydrogen (secondary N) is 2. The highest BCUT2D eigenvalue weighted by Crippen LogP contribution is 2.40. The Morgan fingerprint density at radius 1 is 1.35 bits per heavy atom. The number of anilines is 1. The van der Waals surface area contributed by atoms with Gasteiger partial charge < -0.3 is 26.0 Å². The third kappa shape index (κ3) is 5.03. The van der Waals surface area contributed by atoms with Crippen LogP contribution in [0, 0.1) is 0 Å². The van der Waals surface area contributed by atoms with Crippen LogP contribution in [0.5, 0.6) is 0 Å². The molecule has 0 saturated carbocycles. The van der Waals surface area contributed by atoms with Gasteiger partial charge in [-0.05, 0) is 0 Å². The predicted molar refractivity (Wildman–Crippen MR) is 133 cm³/mol. The largest absolute Gasteiger partial charge is 0.477 e. The van der Waals surface area contributed by atoms with Crippen LogP contribution in [0.4, 0.5) is 5.13 Å². The van der Waals surface area contributed by atoms with Crippen molar-refractivity contribution in [1.82, 2.24) is 25.2 Å². The summed E-state index contributed by atoms with van der Waals surface area (Å²) in [5.41, 5.74) is 6.95. The van der Waals surface area contributed by atoms with Gasteiger partial charge >= 0.3 is 5.97 Å². The maximum Gasteiger partial charge on any atom is 0.352 e. The van der Waals surface area contributed by atoms with Gasteiger partial charge in [0.25, 0.3) is 11.8 Å². The van der Waals surface area contributed by atoms with Crippen molar-refractivity contribution in [1.29, 1.82) is 0 Å². The Hall–Kier alpha value is -4.24. The zero-order valence-corrected chi connectivity index (χ0v) is 20.7. The zero-order valence-electron chi connectivity index (χ0n) is 19.1. The van der Waals surface area contributed by atoms with E-state index >= 15 is 0 Å². The molecule has 2 aliphatic heterocycles. The molecule has 13 nitrogen and oxygen atoms in total. The third-order valence-electron chi connectivity index (χ3n) is 5.60. The van der Waals surface area contributed by atoms with Crippen LogP contribution >= 0.6 is 23.1 Å². The van der Waals surface area contributed by atoms with E-state index in [4.69, 9.17) is 10.6 Å². The van der Waals surface area contributed by atoms with E-state index in [-0.39, 0.29) is 28.8 Å². The normalized spacial score (nSPS) is 19.3. The Kier molecular flexibility index (Phi) is 6.87. The molecule has 190 valence electrons. The Balaban J connectivity index is 1.32. The number of imidazole rings is 1. The van der Waals surface area contributed by atoms with Crippen molar-refractivity contribution >= 4 is 51.7 Å². The van der Waals surface area contributed by atoms with E-state index in [2.05, 4.69) is 25.4 Å². The average molecular weight is 542 g/mol. The number of amides is 2. The number of rotatable bonds is 9. The van der Waals surface area contributed by atoms with Gasteiger partial charge in [-0.2, -0.15) is 0 Å². The minimum Gasteiger partial charge on any atom is -0.477 e. The predicted octanol–water partition coefficient (Wildman–Crippen LogP) is 0.0956. The van der Waals surface area contributed by atoms with Gasteiger partial charge in [-0.25, -0.2) is 19.3 Å². The first-order valence-corrected chi connectivity index (χ1v) is 12.9. The second-order valence-corrected chi connectivity index (χ2v) is 10.0. The quantitative estimate of drug-likeness (QED) is 0.126. The Morgan fingerprint density at radius 2 is 2.16 bits per heavy atom. The molecule has 3 aromatic heterocycles. The number of aromatic nitrogens is 4. The van der Waals surface area contributed by atoms with Gasteiger partial charge in [-0.1, -0.05) is 11.2 Å². The van der Waals surface area contributed by atoms with E-state index in [1.165, 1.54) is 23.0 Å². The van der Waals surface area contributed by atoms with Gasteiger partial charge in [0, 0.05) is 28.8 Å². The zero-order chi connectivity index (χ0) is 25.9. The lowest BCUT2D eigenvalue weighted by atomic mass is 10.0. The molecule has 5 heterocycles. The van der Waals surface area contributed by atoms with Crippen LogP contribution in [0.2, 0.25) is 0 Å². The van der Waals surface area contributed by atoms with Crippen molar-refractivity contribution in [2.24, 2.45) is 5.16 Å². The van der Waals surface area contributed by atoms with Crippen LogP contribution in [0.25, 0.3) is 0 Å². The van der Waals surface area contributed by atoms with Crippen LogP contribution in [-0.4, -0.2) is 65.6 Å². The van der Waals surface area contributed by atoms with Crippen molar-refractivity contribution in [2.45, 2.75) is 24.6 Å². The first-order valence-electron chi connectivity index (χ1n) is 11.0. The van der Waals surface area contributed by atoms with Crippen molar-refractivity contribution < 1.29 is 28.9 Å². The van der Waals surface area contributed by atoms with Crippen LogP contribution in [0.3, 0.4) is 0 Å². The van der Waals surface area contributed by atoms with Gasteiger partial charge in [-0.15, -0.1) is 23.1 Å². The number of hydrogen-bond donors (Lipinski definition) is 4. The molecule has 1 fully saturated rings.